The fourth-order valence-corrected chi connectivity index (χ4v) is 5.27. The third-order valence-electron chi connectivity index (χ3n) is 5.78. The van der Waals surface area contributed by atoms with Crippen molar-refractivity contribution in [3.63, 3.8) is 0 Å². The quantitative estimate of drug-likeness (QED) is 0.864. The molecule has 0 radical (unpaired) electrons. The predicted octanol–water partition coefficient (Wildman–Crippen LogP) is 4.02. The SMILES string of the molecule is Cc1nc(-c2cccc(F)c2)sc1C(=O)N1CCC2(O)CCCCC2C1. The zero-order valence-corrected chi connectivity index (χ0v) is 15.7. The Balaban J connectivity index is 1.55. The maximum absolute atomic E-state index is 13.5. The van der Waals surface area contributed by atoms with Gasteiger partial charge in [0, 0.05) is 24.6 Å². The van der Waals surface area contributed by atoms with Crippen molar-refractivity contribution < 1.29 is 14.3 Å². The second-order valence-electron chi connectivity index (χ2n) is 7.49. The van der Waals surface area contributed by atoms with Crippen LogP contribution in [0.5, 0.6) is 0 Å². The summed E-state index contributed by atoms with van der Waals surface area (Å²) in [4.78, 5) is 20.0. The normalized spacial score (nSPS) is 25.8. The molecule has 6 heteroatoms. The van der Waals surface area contributed by atoms with Crippen LogP contribution in [0.15, 0.2) is 24.3 Å². The largest absolute Gasteiger partial charge is 0.389 e. The molecule has 2 aromatic rings. The van der Waals surface area contributed by atoms with Crippen molar-refractivity contribution in [3.05, 3.63) is 40.7 Å². The maximum atomic E-state index is 13.5. The molecule has 1 saturated carbocycles. The molecule has 1 saturated heterocycles. The predicted molar refractivity (Wildman–Crippen MR) is 99.7 cm³/mol. The lowest BCUT2D eigenvalue weighted by molar-refractivity contribution is -0.0885. The number of hydrogen-bond donors (Lipinski definition) is 1. The Bertz CT molecular complexity index is 837. The van der Waals surface area contributed by atoms with Crippen molar-refractivity contribution in [2.75, 3.05) is 13.1 Å². The Kier molecular flexibility index (Phi) is 4.57. The highest BCUT2D eigenvalue weighted by Crippen LogP contribution is 2.40. The molecule has 26 heavy (non-hydrogen) atoms. The lowest BCUT2D eigenvalue weighted by atomic mass is 9.71. The van der Waals surface area contributed by atoms with Crippen LogP contribution in [-0.4, -0.2) is 39.6 Å². The van der Waals surface area contributed by atoms with Gasteiger partial charge in [-0.1, -0.05) is 25.0 Å². The van der Waals surface area contributed by atoms with Gasteiger partial charge < -0.3 is 10.0 Å². The van der Waals surface area contributed by atoms with E-state index in [1.807, 2.05) is 11.8 Å². The number of aliphatic hydroxyl groups is 1. The summed E-state index contributed by atoms with van der Waals surface area (Å²) in [5.74, 6) is -0.156. The van der Waals surface area contributed by atoms with E-state index in [9.17, 15) is 14.3 Å². The molecule has 1 aromatic heterocycles. The van der Waals surface area contributed by atoms with Gasteiger partial charge in [0.25, 0.3) is 5.91 Å². The molecule has 2 unspecified atom stereocenters. The van der Waals surface area contributed by atoms with Gasteiger partial charge in [-0.2, -0.15) is 0 Å². The molecule has 2 fully saturated rings. The fourth-order valence-electron chi connectivity index (χ4n) is 4.24. The van der Waals surface area contributed by atoms with Crippen LogP contribution in [0.4, 0.5) is 4.39 Å². The van der Waals surface area contributed by atoms with Gasteiger partial charge >= 0.3 is 0 Å². The summed E-state index contributed by atoms with van der Waals surface area (Å²) in [6.45, 7) is 3.02. The summed E-state index contributed by atoms with van der Waals surface area (Å²) in [7, 11) is 0. The number of aryl methyl sites for hydroxylation is 1. The third kappa shape index (κ3) is 3.16. The number of fused-ring (bicyclic) bond motifs is 1. The molecule has 4 nitrogen and oxygen atoms in total. The van der Waals surface area contributed by atoms with Crippen LogP contribution in [0.25, 0.3) is 10.6 Å². The monoisotopic (exact) mass is 374 g/mol. The molecule has 1 aliphatic carbocycles. The summed E-state index contributed by atoms with van der Waals surface area (Å²) in [6.07, 6.45) is 4.68. The van der Waals surface area contributed by atoms with Gasteiger partial charge in [-0.05, 0) is 38.3 Å². The van der Waals surface area contributed by atoms with Crippen LogP contribution in [0.3, 0.4) is 0 Å². The maximum Gasteiger partial charge on any atom is 0.265 e. The van der Waals surface area contributed by atoms with Crippen molar-refractivity contribution in [2.45, 2.75) is 44.6 Å². The molecule has 1 aromatic carbocycles. The number of rotatable bonds is 2. The number of benzene rings is 1. The van der Waals surface area contributed by atoms with E-state index in [4.69, 9.17) is 0 Å². The first-order valence-electron chi connectivity index (χ1n) is 9.21. The Morgan fingerprint density at radius 3 is 3.04 bits per heavy atom. The Morgan fingerprint density at radius 2 is 2.23 bits per heavy atom. The first kappa shape index (κ1) is 17.6. The standard InChI is InChI=1S/C20H23FN2O2S/c1-13-17(26-18(22-13)14-5-4-7-16(21)11-14)19(24)23-10-9-20(25)8-3-2-6-15(20)12-23/h4-5,7,11,15,25H,2-3,6,8-10,12H2,1H3. The molecule has 2 heterocycles. The van der Waals surface area contributed by atoms with Crippen LogP contribution in [-0.2, 0) is 0 Å². The molecule has 138 valence electrons. The van der Waals surface area contributed by atoms with Crippen molar-refractivity contribution in [1.82, 2.24) is 9.88 Å². The number of carbonyl (C=O) groups is 1. The second kappa shape index (κ2) is 6.74. The molecule has 1 aliphatic heterocycles. The average molecular weight is 374 g/mol. The Morgan fingerprint density at radius 1 is 1.38 bits per heavy atom. The van der Waals surface area contributed by atoms with Crippen LogP contribution >= 0.6 is 11.3 Å². The van der Waals surface area contributed by atoms with E-state index >= 15 is 0 Å². The molecular formula is C20H23FN2O2S. The van der Waals surface area contributed by atoms with Crippen molar-refractivity contribution in [1.29, 1.82) is 0 Å². The number of aromatic nitrogens is 1. The van der Waals surface area contributed by atoms with Gasteiger partial charge in [-0.3, -0.25) is 4.79 Å². The summed E-state index contributed by atoms with van der Waals surface area (Å²) < 4.78 is 13.5. The number of halogens is 1. The van der Waals surface area contributed by atoms with E-state index in [-0.39, 0.29) is 17.6 Å². The summed E-state index contributed by atoms with van der Waals surface area (Å²) in [6, 6.07) is 6.29. The number of hydrogen-bond acceptors (Lipinski definition) is 4. The molecule has 0 spiro atoms. The summed E-state index contributed by atoms with van der Waals surface area (Å²) in [5, 5.41) is 11.5. The zero-order chi connectivity index (χ0) is 18.3. The van der Waals surface area contributed by atoms with Crippen LogP contribution in [0.1, 0.15) is 47.5 Å². The summed E-state index contributed by atoms with van der Waals surface area (Å²) in [5.41, 5.74) is 0.783. The lowest BCUT2D eigenvalue weighted by Gasteiger charge is -2.47. The Labute approximate surface area is 156 Å². The van der Waals surface area contributed by atoms with Gasteiger partial charge in [-0.15, -0.1) is 11.3 Å². The highest BCUT2D eigenvalue weighted by atomic mass is 32.1. The van der Waals surface area contributed by atoms with E-state index < -0.39 is 5.60 Å². The highest BCUT2D eigenvalue weighted by molar-refractivity contribution is 7.17. The van der Waals surface area contributed by atoms with E-state index in [0.29, 0.717) is 40.7 Å². The van der Waals surface area contributed by atoms with Crippen molar-refractivity contribution in [2.24, 2.45) is 5.92 Å². The number of piperidine rings is 1. The third-order valence-corrected chi connectivity index (χ3v) is 6.97. The zero-order valence-electron chi connectivity index (χ0n) is 14.9. The Hall–Kier alpha value is -1.79. The molecule has 2 atom stereocenters. The molecule has 0 bridgehead atoms. The molecule has 1 amide bonds. The highest BCUT2D eigenvalue weighted by Gasteiger charge is 2.44. The topological polar surface area (TPSA) is 53.4 Å². The number of carbonyl (C=O) groups excluding carboxylic acids is 1. The van der Waals surface area contributed by atoms with Gasteiger partial charge in [0.15, 0.2) is 0 Å². The minimum atomic E-state index is -0.593. The number of thiazole rings is 1. The number of likely N-dealkylation sites (tertiary alicyclic amines) is 1. The lowest BCUT2D eigenvalue weighted by Crippen LogP contribution is -2.54. The van der Waals surface area contributed by atoms with E-state index in [1.54, 1.807) is 12.1 Å². The van der Waals surface area contributed by atoms with E-state index in [2.05, 4.69) is 4.98 Å². The van der Waals surface area contributed by atoms with Gasteiger partial charge in [-0.25, -0.2) is 9.37 Å². The molecule has 4 rings (SSSR count). The van der Waals surface area contributed by atoms with Crippen LogP contribution < -0.4 is 0 Å². The van der Waals surface area contributed by atoms with Gasteiger partial charge in [0.2, 0.25) is 0 Å². The van der Waals surface area contributed by atoms with Crippen LogP contribution in [0.2, 0.25) is 0 Å². The van der Waals surface area contributed by atoms with Gasteiger partial charge in [0.05, 0.1) is 11.3 Å². The molecular weight excluding hydrogens is 351 g/mol. The second-order valence-corrected chi connectivity index (χ2v) is 8.49. The minimum absolute atomic E-state index is 0.0183. The van der Waals surface area contributed by atoms with Crippen LogP contribution in [0, 0.1) is 18.7 Å². The van der Waals surface area contributed by atoms with E-state index in [1.165, 1.54) is 23.5 Å². The van der Waals surface area contributed by atoms with E-state index in [0.717, 1.165) is 25.7 Å². The number of amides is 1. The molecule has 1 N–H and O–H groups in total. The minimum Gasteiger partial charge on any atom is -0.389 e. The van der Waals surface area contributed by atoms with Gasteiger partial charge in [0.1, 0.15) is 15.7 Å². The first-order valence-corrected chi connectivity index (χ1v) is 10.0. The van der Waals surface area contributed by atoms with Crippen molar-refractivity contribution >= 4 is 17.2 Å². The smallest absolute Gasteiger partial charge is 0.265 e. The summed E-state index contributed by atoms with van der Waals surface area (Å²) >= 11 is 1.32. The number of nitrogens with zero attached hydrogens (tertiary/aromatic N) is 2. The average Bonchev–Trinajstić information content (AvgIpc) is 3.02. The first-order chi connectivity index (χ1) is 12.5. The fraction of sp³-hybridized carbons (Fsp3) is 0.500. The molecule has 2 aliphatic rings. The van der Waals surface area contributed by atoms with Crippen molar-refractivity contribution in [3.8, 4) is 10.6 Å².